The second-order valence-electron chi connectivity index (χ2n) is 5.18. The lowest BCUT2D eigenvalue weighted by atomic mass is 9.98. The van der Waals surface area contributed by atoms with Crippen LogP contribution in [-0.2, 0) is 11.2 Å². The fourth-order valence-corrected chi connectivity index (χ4v) is 2.37. The lowest BCUT2D eigenvalue weighted by Crippen LogP contribution is -2.12. The van der Waals surface area contributed by atoms with Crippen molar-refractivity contribution in [2.45, 2.75) is 26.7 Å². The smallest absolute Gasteiger partial charge is 0.338 e. The van der Waals surface area contributed by atoms with E-state index in [1.54, 1.807) is 31.2 Å². The maximum absolute atomic E-state index is 12.4. The molecule has 0 saturated heterocycles. The number of Topliss-reactive ketones (excluding diaryl/α,β-unsaturated/α-hetero) is 1. The van der Waals surface area contributed by atoms with Gasteiger partial charge in [0.15, 0.2) is 5.78 Å². The van der Waals surface area contributed by atoms with Gasteiger partial charge in [-0.2, -0.15) is 0 Å². The molecule has 114 valence electrons. The maximum atomic E-state index is 12.4. The van der Waals surface area contributed by atoms with E-state index in [4.69, 9.17) is 4.74 Å². The fraction of sp³-hybridized carbons (Fsp3) is 0.263. The Bertz CT molecular complexity index is 674. The molecule has 0 unspecified atom stereocenters. The Morgan fingerprint density at radius 2 is 1.73 bits per heavy atom. The van der Waals surface area contributed by atoms with Crippen molar-refractivity contribution in [3.05, 3.63) is 70.8 Å². The topological polar surface area (TPSA) is 43.4 Å². The number of benzene rings is 2. The van der Waals surface area contributed by atoms with Gasteiger partial charge in [0.25, 0.3) is 0 Å². The first-order valence-electron chi connectivity index (χ1n) is 7.46. The van der Waals surface area contributed by atoms with E-state index in [1.807, 2.05) is 25.1 Å². The Labute approximate surface area is 130 Å². The van der Waals surface area contributed by atoms with Gasteiger partial charge in [-0.25, -0.2) is 4.79 Å². The molecule has 3 heteroatoms. The quantitative estimate of drug-likeness (QED) is 0.598. The molecule has 0 amide bonds. The van der Waals surface area contributed by atoms with Gasteiger partial charge in [-0.1, -0.05) is 48.0 Å². The highest BCUT2D eigenvalue weighted by molar-refractivity contribution is 6.06. The monoisotopic (exact) mass is 296 g/mol. The zero-order chi connectivity index (χ0) is 15.9. The maximum Gasteiger partial charge on any atom is 0.338 e. The molecule has 0 heterocycles. The van der Waals surface area contributed by atoms with E-state index < -0.39 is 5.97 Å². The first-order chi connectivity index (χ1) is 10.6. The number of hydrogen-bond donors (Lipinski definition) is 0. The summed E-state index contributed by atoms with van der Waals surface area (Å²) in [6, 6.07) is 14.9. The van der Waals surface area contributed by atoms with Crippen molar-refractivity contribution in [2.75, 3.05) is 6.61 Å². The van der Waals surface area contributed by atoms with Crippen molar-refractivity contribution in [3.8, 4) is 0 Å². The van der Waals surface area contributed by atoms with Crippen molar-refractivity contribution in [1.29, 1.82) is 0 Å². The molecular formula is C19H20O3. The van der Waals surface area contributed by atoms with E-state index >= 15 is 0 Å². The lowest BCUT2D eigenvalue weighted by molar-refractivity contribution is 0.0523. The highest BCUT2D eigenvalue weighted by Crippen LogP contribution is 2.15. The van der Waals surface area contributed by atoms with Crippen LogP contribution < -0.4 is 0 Å². The molecule has 2 aromatic carbocycles. The molecule has 22 heavy (non-hydrogen) atoms. The Hall–Kier alpha value is -2.42. The Morgan fingerprint density at radius 3 is 2.41 bits per heavy atom. The predicted molar refractivity (Wildman–Crippen MR) is 86.2 cm³/mol. The number of carbonyl (C=O) groups excluding carboxylic acids is 2. The average molecular weight is 296 g/mol. The third-order valence-electron chi connectivity index (χ3n) is 3.45. The molecule has 3 nitrogen and oxygen atoms in total. The molecule has 0 spiro atoms. The van der Waals surface area contributed by atoms with E-state index in [-0.39, 0.29) is 5.78 Å². The summed E-state index contributed by atoms with van der Waals surface area (Å²) in [5, 5.41) is 0. The number of ketones is 1. The van der Waals surface area contributed by atoms with E-state index in [2.05, 4.69) is 6.07 Å². The fourth-order valence-electron chi connectivity index (χ4n) is 2.37. The molecule has 2 aromatic rings. The molecule has 0 N–H and O–H groups in total. The summed E-state index contributed by atoms with van der Waals surface area (Å²) in [6.07, 6.45) is 1.04. The van der Waals surface area contributed by atoms with Crippen LogP contribution in [0.2, 0.25) is 0 Å². The van der Waals surface area contributed by atoms with Gasteiger partial charge < -0.3 is 4.74 Å². The number of ether oxygens (including phenoxy) is 1. The summed E-state index contributed by atoms with van der Waals surface area (Å²) in [5.41, 5.74) is 3.09. The number of carbonyl (C=O) groups is 2. The number of esters is 1. The van der Waals surface area contributed by atoms with Crippen LogP contribution in [0.4, 0.5) is 0 Å². The molecule has 0 fully saturated rings. The predicted octanol–water partition coefficient (Wildman–Crippen LogP) is 3.99. The molecule has 0 aliphatic carbocycles. The minimum Gasteiger partial charge on any atom is -0.462 e. The van der Waals surface area contributed by atoms with Crippen LogP contribution in [0.25, 0.3) is 0 Å². The Balaban J connectivity index is 2.11. The number of hydrogen-bond acceptors (Lipinski definition) is 3. The average Bonchev–Trinajstić information content (AvgIpc) is 2.53. The van der Waals surface area contributed by atoms with Crippen LogP contribution in [0.5, 0.6) is 0 Å². The molecule has 0 bridgehead atoms. The van der Waals surface area contributed by atoms with Crippen molar-refractivity contribution in [1.82, 2.24) is 0 Å². The van der Waals surface area contributed by atoms with Crippen molar-refractivity contribution in [3.63, 3.8) is 0 Å². The molecule has 0 radical (unpaired) electrons. The zero-order valence-electron chi connectivity index (χ0n) is 13.0. The van der Waals surface area contributed by atoms with E-state index in [0.29, 0.717) is 30.6 Å². The van der Waals surface area contributed by atoms with Crippen molar-refractivity contribution >= 4 is 11.8 Å². The van der Waals surface area contributed by atoms with Crippen LogP contribution >= 0.6 is 0 Å². The first kappa shape index (κ1) is 16.0. The van der Waals surface area contributed by atoms with Gasteiger partial charge in [-0.15, -0.1) is 0 Å². The van der Waals surface area contributed by atoms with Gasteiger partial charge in [-0.3, -0.25) is 4.79 Å². The summed E-state index contributed by atoms with van der Waals surface area (Å²) >= 11 is 0. The SMILES string of the molecule is CCOC(=O)c1ccccc1C(=O)CCc1cccc(C)c1. The number of aryl methyl sites for hydroxylation is 2. The normalized spacial score (nSPS) is 10.3. The van der Waals surface area contributed by atoms with Crippen LogP contribution in [-0.4, -0.2) is 18.4 Å². The molecule has 0 aliphatic heterocycles. The zero-order valence-corrected chi connectivity index (χ0v) is 13.0. The van der Waals surface area contributed by atoms with Crippen LogP contribution in [0.15, 0.2) is 48.5 Å². The standard InChI is InChI=1S/C19H20O3/c1-3-22-19(21)17-10-5-4-9-16(17)18(20)12-11-15-8-6-7-14(2)13-15/h4-10,13H,3,11-12H2,1-2H3. The second-order valence-corrected chi connectivity index (χ2v) is 5.18. The molecule has 0 atom stereocenters. The second kappa shape index (κ2) is 7.55. The van der Waals surface area contributed by atoms with Gasteiger partial charge in [0, 0.05) is 12.0 Å². The Morgan fingerprint density at radius 1 is 1.00 bits per heavy atom. The van der Waals surface area contributed by atoms with Crippen LogP contribution in [0.3, 0.4) is 0 Å². The van der Waals surface area contributed by atoms with Gasteiger partial charge in [0.2, 0.25) is 0 Å². The van der Waals surface area contributed by atoms with Gasteiger partial charge in [0.05, 0.1) is 12.2 Å². The molecule has 2 rings (SSSR count). The highest BCUT2D eigenvalue weighted by atomic mass is 16.5. The molecule has 0 aromatic heterocycles. The van der Waals surface area contributed by atoms with Crippen LogP contribution in [0, 0.1) is 6.92 Å². The van der Waals surface area contributed by atoms with E-state index in [9.17, 15) is 9.59 Å². The highest BCUT2D eigenvalue weighted by Gasteiger charge is 2.17. The third kappa shape index (κ3) is 4.04. The van der Waals surface area contributed by atoms with Gasteiger partial charge in [0.1, 0.15) is 0 Å². The summed E-state index contributed by atoms with van der Waals surface area (Å²) < 4.78 is 5.01. The summed E-state index contributed by atoms with van der Waals surface area (Å²) in [4.78, 5) is 24.3. The summed E-state index contributed by atoms with van der Waals surface area (Å²) in [5.74, 6) is -0.479. The molecule has 0 aliphatic rings. The van der Waals surface area contributed by atoms with Gasteiger partial charge >= 0.3 is 5.97 Å². The Kier molecular flexibility index (Phi) is 5.48. The summed E-state index contributed by atoms with van der Waals surface area (Å²) in [6.45, 7) is 4.08. The minimum atomic E-state index is -0.443. The van der Waals surface area contributed by atoms with Crippen molar-refractivity contribution < 1.29 is 14.3 Å². The molecular weight excluding hydrogens is 276 g/mol. The minimum absolute atomic E-state index is 0.0369. The van der Waals surface area contributed by atoms with Crippen LogP contribution in [0.1, 0.15) is 45.2 Å². The lowest BCUT2D eigenvalue weighted by Gasteiger charge is -2.08. The number of rotatable bonds is 6. The largest absolute Gasteiger partial charge is 0.462 e. The van der Waals surface area contributed by atoms with E-state index in [1.165, 1.54) is 5.56 Å². The van der Waals surface area contributed by atoms with E-state index in [0.717, 1.165) is 5.56 Å². The summed E-state index contributed by atoms with van der Waals surface area (Å²) in [7, 11) is 0. The van der Waals surface area contributed by atoms with Gasteiger partial charge in [-0.05, 0) is 31.9 Å². The third-order valence-corrected chi connectivity index (χ3v) is 3.45. The molecule has 0 saturated carbocycles. The van der Waals surface area contributed by atoms with Crippen molar-refractivity contribution in [2.24, 2.45) is 0 Å². The first-order valence-corrected chi connectivity index (χ1v) is 7.46.